The number of anilines is 6. The number of nitrogens with zero attached hydrogens (tertiary/aromatic N) is 8. The van der Waals surface area contributed by atoms with Gasteiger partial charge in [0.1, 0.15) is 28.8 Å². The van der Waals surface area contributed by atoms with Crippen molar-refractivity contribution in [1.29, 1.82) is 0 Å². The molecule has 3 N–H and O–H groups in total. The number of fused-ring (bicyclic) bond motifs is 8. The molecule has 2 atom stereocenters. The number of para-hydroxylation sites is 1. The molecule has 2 saturated heterocycles. The molecule has 0 unspecified atom stereocenters. The van der Waals surface area contributed by atoms with Gasteiger partial charge in [-0.1, -0.05) is 18.2 Å². The Kier molecular flexibility index (Phi) is 11.7. The molecule has 2 aliphatic carbocycles. The fourth-order valence-corrected chi connectivity index (χ4v) is 8.58. The van der Waals surface area contributed by atoms with Crippen LogP contribution in [-0.4, -0.2) is 81.9 Å². The van der Waals surface area contributed by atoms with Crippen LogP contribution in [0.1, 0.15) is 83.5 Å². The number of pyridine rings is 4. The van der Waals surface area contributed by atoms with E-state index < -0.39 is 6.09 Å². The Morgan fingerprint density at radius 2 is 1.21 bits per heavy atom. The summed E-state index contributed by atoms with van der Waals surface area (Å²) in [4.78, 5) is 76.3. The smallest absolute Gasteiger partial charge is 0.410 e. The number of nitrogens with one attached hydrogen (secondary N) is 1. The van der Waals surface area contributed by atoms with Gasteiger partial charge in [-0.3, -0.25) is 24.7 Å². The average molecular weight is 849 g/mol. The highest BCUT2D eigenvalue weighted by atomic mass is 16.6. The summed E-state index contributed by atoms with van der Waals surface area (Å²) in [5, 5.41) is 2.90. The van der Waals surface area contributed by atoms with Crippen LogP contribution in [0.3, 0.4) is 0 Å². The van der Waals surface area contributed by atoms with E-state index in [0.717, 1.165) is 87.2 Å². The highest BCUT2D eigenvalue weighted by molar-refractivity contribution is 6.05. The van der Waals surface area contributed by atoms with Crippen molar-refractivity contribution in [1.82, 2.24) is 19.9 Å². The topological polar surface area (TPSA) is 180 Å². The molecule has 1 aromatic carbocycles. The average Bonchev–Trinajstić information content (AvgIpc) is 4.20. The standard InChI is InChI=1S/C21H23N5O2.C21H21N3O3.C6H8N2/c1-13-6-8-22-19(10-13)24-21(28)26-15-7-9-25(12-15)17-5-4-16(23-20(17)26)18(27)11-14-2-3-14;25-19(12-14-6-7-14)17-8-9-18-20(22-17)24(15-10-11-23(18)13-15)21(26)27-16-4-2-1-3-5-16;1-5-2-3-8-6(7)4-5/h4-6,8,10,14-15H,2-3,7,9,11-12H2,1H3,(H,22,24,28);1-5,8-9,14-15H,6-7,10-13H2;2-4H,1H3,(H2,7,8)/t2*15-;/m00./s1. The third-order valence-corrected chi connectivity index (χ3v) is 12.3. The van der Waals surface area contributed by atoms with Gasteiger partial charge in [-0.25, -0.2) is 29.5 Å². The van der Waals surface area contributed by atoms with E-state index in [1.807, 2.05) is 68.4 Å². The minimum absolute atomic E-state index is 0.0231. The molecular weight excluding hydrogens is 797 g/mol. The molecule has 8 heterocycles. The number of hydrogen-bond acceptors (Lipinski definition) is 12. The number of ether oxygens (including phenoxy) is 1. The fraction of sp³-hybridized carbons (Fsp3) is 0.375. The van der Waals surface area contributed by atoms with Gasteiger partial charge >= 0.3 is 12.1 Å². The largest absolute Gasteiger partial charge is 0.421 e. The van der Waals surface area contributed by atoms with Crippen molar-refractivity contribution in [2.75, 3.05) is 56.8 Å². The lowest BCUT2D eigenvalue weighted by Gasteiger charge is -2.35. The van der Waals surface area contributed by atoms with Gasteiger partial charge in [-0.15, -0.1) is 0 Å². The number of nitrogen functional groups attached to an aromatic ring is 1. The SMILES string of the molecule is Cc1ccnc(N)c1.Cc1ccnc(NC(=O)N2c3nc(C(=O)CC4CC4)ccc3N3CC[C@H]2C3)c1.O=C(CC1CC1)c1ccc2c(n1)N(C(=O)Oc1ccccc1)[C@H]1CCN2C1. The zero-order valence-corrected chi connectivity index (χ0v) is 35.7. The number of aryl methyl sites for hydroxylation is 2. The summed E-state index contributed by atoms with van der Waals surface area (Å²) in [7, 11) is 0. The maximum atomic E-state index is 13.1. The molecule has 4 aromatic heterocycles. The van der Waals surface area contributed by atoms with E-state index in [1.165, 1.54) is 0 Å². The van der Waals surface area contributed by atoms with Crippen molar-refractivity contribution in [2.45, 2.75) is 77.3 Å². The van der Waals surface area contributed by atoms with E-state index in [4.69, 9.17) is 10.5 Å². The van der Waals surface area contributed by atoms with Crippen LogP contribution in [-0.2, 0) is 0 Å². The second kappa shape index (κ2) is 17.8. The number of carbonyl (C=O) groups is 4. The fourth-order valence-electron chi connectivity index (χ4n) is 8.58. The summed E-state index contributed by atoms with van der Waals surface area (Å²) in [6.45, 7) is 7.28. The van der Waals surface area contributed by atoms with Crippen LogP contribution in [0.25, 0.3) is 0 Å². The van der Waals surface area contributed by atoms with Crippen LogP contribution in [0.4, 0.5) is 44.2 Å². The summed E-state index contributed by atoms with van der Waals surface area (Å²) in [5.74, 6) is 3.89. The second-order valence-corrected chi connectivity index (χ2v) is 17.3. The number of Topliss-reactive ketones (excluding diaryl/α,β-unsaturated/α-hetero) is 2. The summed E-state index contributed by atoms with van der Waals surface area (Å²) < 4.78 is 5.58. The first-order chi connectivity index (χ1) is 30.6. The van der Waals surface area contributed by atoms with Crippen molar-refractivity contribution in [3.63, 3.8) is 0 Å². The first-order valence-electron chi connectivity index (χ1n) is 21.9. The van der Waals surface area contributed by atoms with Gasteiger partial charge in [0.2, 0.25) is 0 Å². The first-order valence-corrected chi connectivity index (χ1v) is 21.9. The van der Waals surface area contributed by atoms with E-state index in [2.05, 4.69) is 35.1 Å². The molecule has 6 aliphatic rings. The number of amides is 3. The molecule has 0 spiro atoms. The number of hydrogen-bond donors (Lipinski definition) is 2. The Morgan fingerprint density at radius 1 is 0.667 bits per heavy atom. The number of nitrogens with two attached hydrogens (primary N) is 1. The third-order valence-electron chi connectivity index (χ3n) is 12.3. The highest BCUT2D eigenvalue weighted by Crippen LogP contribution is 2.42. The Hall–Kier alpha value is -6.90. The summed E-state index contributed by atoms with van der Waals surface area (Å²) in [6.07, 6.45) is 10.3. The number of ketones is 2. The van der Waals surface area contributed by atoms with Crippen LogP contribution >= 0.6 is 0 Å². The monoisotopic (exact) mass is 848 g/mol. The normalized spacial score (nSPS) is 18.8. The lowest BCUT2D eigenvalue weighted by atomic mass is 10.1. The van der Waals surface area contributed by atoms with Crippen molar-refractivity contribution >= 4 is 58.3 Å². The second-order valence-electron chi connectivity index (χ2n) is 17.3. The molecule has 4 aliphatic heterocycles. The van der Waals surface area contributed by atoms with E-state index in [9.17, 15) is 19.2 Å². The van der Waals surface area contributed by atoms with Gasteiger partial charge in [-0.05, 0) is 136 Å². The molecule has 4 fully saturated rings. The van der Waals surface area contributed by atoms with Gasteiger partial charge in [0.05, 0.1) is 23.5 Å². The lowest BCUT2D eigenvalue weighted by molar-refractivity contribution is 0.0963. The maximum Gasteiger partial charge on any atom is 0.421 e. The molecular formula is C48H52N10O5. The molecule has 4 bridgehead atoms. The van der Waals surface area contributed by atoms with Gasteiger partial charge in [-0.2, -0.15) is 0 Å². The Bertz CT molecular complexity index is 2510. The quantitative estimate of drug-likeness (QED) is 0.144. The summed E-state index contributed by atoms with van der Waals surface area (Å²) in [5.41, 5.74) is 10.3. The zero-order chi connectivity index (χ0) is 43.6. The Morgan fingerprint density at radius 3 is 1.73 bits per heavy atom. The lowest BCUT2D eigenvalue weighted by Crippen LogP contribution is -2.48. The molecule has 15 nitrogen and oxygen atoms in total. The third kappa shape index (κ3) is 9.62. The first kappa shape index (κ1) is 41.5. The molecule has 15 heteroatoms. The van der Waals surface area contributed by atoms with E-state index in [0.29, 0.717) is 65.1 Å². The predicted molar refractivity (Wildman–Crippen MR) is 242 cm³/mol. The summed E-state index contributed by atoms with van der Waals surface area (Å²) in [6, 6.07) is 23.8. The number of rotatable bonds is 8. The van der Waals surface area contributed by atoms with Crippen molar-refractivity contribution < 1.29 is 23.9 Å². The van der Waals surface area contributed by atoms with Gasteiger partial charge in [0.25, 0.3) is 0 Å². The number of benzene rings is 1. The van der Waals surface area contributed by atoms with Crippen molar-refractivity contribution in [2.24, 2.45) is 11.8 Å². The van der Waals surface area contributed by atoms with Crippen molar-refractivity contribution in [3.05, 3.63) is 114 Å². The van der Waals surface area contributed by atoms with Gasteiger partial charge in [0, 0.05) is 51.4 Å². The van der Waals surface area contributed by atoms with Crippen LogP contribution in [0.2, 0.25) is 0 Å². The zero-order valence-electron chi connectivity index (χ0n) is 35.7. The van der Waals surface area contributed by atoms with Crippen LogP contribution in [0, 0.1) is 25.7 Å². The number of urea groups is 1. The molecule has 0 radical (unpaired) electrons. The van der Waals surface area contributed by atoms with E-state index in [-0.39, 0.29) is 29.7 Å². The Labute approximate surface area is 366 Å². The van der Waals surface area contributed by atoms with Crippen molar-refractivity contribution in [3.8, 4) is 5.75 Å². The molecule has 5 aromatic rings. The Balaban J connectivity index is 0.000000136. The van der Waals surface area contributed by atoms with Crippen LogP contribution < -0.4 is 35.4 Å². The van der Waals surface area contributed by atoms with E-state index >= 15 is 0 Å². The minimum atomic E-state index is -0.437. The molecule has 2 saturated carbocycles. The van der Waals surface area contributed by atoms with Gasteiger partial charge < -0.3 is 20.3 Å². The molecule has 324 valence electrons. The predicted octanol–water partition coefficient (Wildman–Crippen LogP) is 8.03. The minimum Gasteiger partial charge on any atom is -0.410 e. The highest BCUT2D eigenvalue weighted by Gasteiger charge is 2.43. The van der Waals surface area contributed by atoms with Crippen LogP contribution in [0.15, 0.2) is 91.3 Å². The number of carbonyl (C=O) groups excluding carboxylic acids is 4. The van der Waals surface area contributed by atoms with E-state index in [1.54, 1.807) is 46.5 Å². The molecule has 63 heavy (non-hydrogen) atoms. The number of aromatic nitrogens is 4. The maximum absolute atomic E-state index is 13.1. The van der Waals surface area contributed by atoms with Crippen LogP contribution in [0.5, 0.6) is 5.75 Å². The molecule has 3 amide bonds. The molecule has 11 rings (SSSR count). The van der Waals surface area contributed by atoms with Gasteiger partial charge in [0.15, 0.2) is 23.2 Å². The summed E-state index contributed by atoms with van der Waals surface area (Å²) >= 11 is 0.